The van der Waals surface area contributed by atoms with Crippen molar-refractivity contribution in [2.75, 3.05) is 32.8 Å². The van der Waals surface area contributed by atoms with Gasteiger partial charge in [-0.2, -0.15) is 0 Å². The largest absolute Gasteiger partial charge is 0.481 e. The van der Waals surface area contributed by atoms with Gasteiger partial charge < -0.3 is 20.0 Å². The minimum absolute atomic E-state index is 0.0271. The maximum absolute atomic E-state index is 12.4. The molecule has 0 radical (unpaired) electrons. The second kappa shape index (κ2) is 7.22. The predicted molar refractivity (Wildman–Crippen MR) is 62.0 cm³/mol. The SMILES string of the molecule is O=C(O)[C@H]1CCCN(C(=O)N(CCO)CC(F)F)C1. The van der Waals surface area contributed by atoms with Crippen molar-refractivity contribution >= 4 is 12.0 Å². The fourth-order valence-corrected chi connectivity index (χ4v) is 2.10. The van der Waals surface area contributed by atoms with Gasteiger partial charge >= 0.3 is 12.0 Å². The Labute approximate surface area is 109 Å². The molecule has 8 heteroatoms. The third-order valence-corrected chi connectivity index (χ3v) is 3.04. The molecule has 2 N–H and O–H groups in total. The number of carbonyl (C=O) groups excluding carboxylic acids is 1. The molecule has 0 unspecified atom stereocenters. The number of carbonyl (C=O) groups is 2. The number of urea groups is 1. The van der Waals surface area contributed by atoms with Gasteiger partial charge in [-0.15, -0.1) is 0 Å². The molecule has 0 spiro atoms. The van der Waals surface area contributed by atoms with E-state index >= 15 is 0 Å². The fourth-order valence-electron chi connectivity index (χ4n) is 2.10. The Balaban J connectivity index is 2.64. The average Bonchev–Trinajstić information content (AvgIpc) is 2.37. The van der Waals surface area contributed by atoms with Crippen LogP contribution >= 0.6 is 0 Å². The van der Waals surface area contributed by atoms with Gasteiger partial charge in [0.05, 0.1) is 19.1 Å². The summed E-state index contributed by atoms with van der Waals surface area (Å²) in [6, 6.07) is -0.639. The number of nitrogens with zero attached hydrogens (tertiary/aromatic N) is 2. The van der Waals surface area contributed by atoms with Gasteiger partial charge in [0, 0.05) is 19.6 Å². The van der Waals surface area contributed by atoms with Crippen LogP contribution in [0.5, 0.6) is 0 Å². The second-order valence-electron chi connectivity index (χ2n) is 4.47. The van der Waals surface area contributed by atoms with Crippen LogP contribution < -0.4 is 0 Å². The quantitative estimate of drug-likeness (QED) is 0.766. The predicted octanol–water partition coefficient (Wildman–Crippen LogP) is 0.462. The molecular weight excluding hydrogens is 262 g/mol. The summed E-state index contributed by atoms with van der Waals surface area (Å²) in [7, 11) is 0. The van der Waals surface area contributed by atoms with E-state index in [1.165, 1.54) is 4.90 Å². The number of hydrogen-bond acceptors (Lipinski definition) is 3. The number of piperidine rings is 1. The molecule has 2 amide bonds. The van der Waals surface area contributed by atoms with Crippen molar-refractivity contribution < 1.29 is 28.6 Å². The molecule has 0 aromatic carbocycles. The summed E-state index contributed by atoms with van der Waals surface area (Å²) < 4.78 is 24.7. The molecular formula is C11H18F2N2O4. The Hall–Kier alpha value is -1.44. The van der Waals surface area contributed by atoms with Crippen LogP contribution in [-0.2, 0) is 4.79 Å². The number of rotatable bonds is 5. The molecule has 1 atom stereocenters. The lowest BCUT2D eigenvalue weighted by Gasteiger charge is -2.34. The first kappa shape index (κ1) is 15.6. The Morgan fingerprint density at radius 1 is 1.42 bits per heavy atom. The number of likely N-dealkylation sites (tertiary alicyclic amines) is 1. The molecule has 0 bridgehead atoms. The zero-order valence-corrected chi connectivity index (χ0v) is 10.5. The first-order valence-corrected chi connectivity index (χ1v) is 6.11. The number of alkyl halides is 2. The summed E-state index contributed by atoms with van der Waals surface area (Å²) in [6.07, 6.45) is -1.67. The third kappa shape index (κ3) is 4.62. The van der Waals surface area contributed by atoms with Crippen molar-refractivity contribution in [3.63, 3.8) is 0 Å². The maximum Gasteiger partial charge on any atom is 0.320 e. The number of amides is 2. The van der Waals surface area contributed by atoms with E-state index in [0.29, 0.717) is 19.4 Å². The smallest absolute Gasteiger partial charge is 0.320 e. The number of aliphatic hydroxyl groups is 1. The molecule has 1 saturated heterocycles. The summed E-state index contributed by atoms with van der Waals surface area (Å²) in [5, 5.41) is 17.7. The van der Waals surface area contributed by atoms with Gasteiger partial charge in [0.2, 0.25) is 0 Å². The highest BCUT2D eigenvalue weighted by atomic mass is 19.3. The molecule has 0 aromatic rings. The van der Waals surface area contributed by atoms with E-state index < -0.39 is 37.5 Å². The van der Waals surface area contributed by atoms with Gasteiger partial charge in [0.15, 0.2) is 0 Å². The van der Waals surface area contributed by atoms with Crippen LogP contribution in [-0.4, -0.2) is 71.2 Å². The molecule has 19 heavy (non-hydrogen) atoms. The zero-order chi connectivity index (χ0) is 14.4. The van der Waals surface area contributed by atoms with Gasteiger partial charge in [-0.05, 0) is 12.8 Å². The summed E-state index contributed by atoms with van der Waals surface area (Å²) in [5.41, 5.74) is 0. The number of hydrogen-bond donors (Lipinski definition) is 2. The van der Waals surface area contributed by atoms with Gasteiger partial charge in [0.1, 0.15) is 0 Å². The van der Waals surface area contributed by atoms with E-state index in [2.05, 4.69) is 0 Å². The van der Waals surface area contributed by atoms with Crippen LogP contribution in [0.3, 0.4) is 0 Å². The summed E-state index contributed by atoms with van der Waals surface area (Å²) >= 11 is 0. The Morgan fingerprint density at radius 3 is 2.63 bits per heavy atom. The normalized spacial score (nSPS) is 19.6. The number of aliphatic hydroxyl groups excluding tert-OH is 1. The van der Waals surface area contributed by atoms with Crippen molar-refractivity contribution in [2.24, 2.45) is 5.92 Å². The molecule has 1 rings (SSSR count). The minimum atomic E-state index is -2.68. The van der Waals surface area contributed by atoms with E-state index in [4.69, 9.17) is 10.2 Å². The van der Waals surface area contributed by atoms with Crippen LogP contribution in [0.15, 0.2) is 0 Å². The monoisotopic (exact) mass is 280 g/mol. The summed E-state index contributed by atoms with van der Waals surface area (Å²) in [4.78, 5) is 25.0. The molecule has 1 fully saturated rings. The number of carboxylic acids is 1. The van der Waals surface area contributed by atoms with E-state index in [9.17, 15) is 18.4 Å². The summed E-state index contributed by atoms with van der Waals surface area (Å²) in [6.45, 7) is -0.965. The molecule has 0 saturated carbocycles. The van der Waals surface area contributed by atoms with Crippen molar-refractivity contribution in [3.05, 3.63) is 0 Å². The number of carboxylic acid groups (broad SMARTS) is 1. The highest BCUT2D eigenvalue weighted by Gasteiger charge is 2.31. The second-order valence-corrected chi connectivity index (χ2v) is 4.47. The van der Waals surface area contributed by atoms with Gasteiger partial charge in [-0.3, -0.25) is 4.79 Å². The van der Waals surface area contributed by atoms with E-state index in [0.717, 1.165) is 4.90 Å². The van der Waals surface area contributed by atoms with Crippen LogP contribution in [0.2, 0.25) is 0 Å². The molecule has 1 heterocycles. The number of aliphatic carboxylic acids is 1. The van der Waals surface area contributed by atoms with Crippen molar-refractivity contribution in [2.45, 2.75) is 19.3 Å². The van der Waals surface area contributed by atoms with Gasteiger partial charge in [-0.1, -0.05) is 0 Å². The standard InChI is InChI=1S/C11H18F2N2O4/c12-9(13)7-15(4-5-16)11(19)14-3-1-2-8(6-14)10(17)18/h8-9,16H,1-7H2,(H,17,18)/t8-/m0/s1. The lowest BCUT2D eigenvalue weighted by atomic mass is 9.99. The first-order valence-electron chi connectivity index (χ1n) is 6.11. The summed E-state index contributed by atoms with van der Waals surface area (Å²) in [5.74, 6) is -1.64. The van der Waals surface area contributed by atoms with Crippen molar-refractivity contribution in [1.29, 1.82) is 0 Å². The minimum Gasteiger partial charge on any atom is -0.481 e. The molecule has 1 aliphatic heterocycles. The molecule has 1 aliphatic rings. The lowest BCUT2D eigenvalue weighted by molar-refractivity contribution is -0.143. The van der Waals surface area contributed by atoms with Crippen molar-refractivity contribution in [3.8, 4) is 0 Å². The Kier molecular flexibility index (Phi) is 5.94. The highest BCUT2D eigenvalue weighted by molar-refractivity contribution is 5.76. The lowest BCUT2D eigenvalue weighted by Crippen LogP contribution is -2.50. The van der Waals surface area contributed by atoms with Crippen LogP contribution in [0.4, 0.5) is 13.6 Å². The molecule has 0 aliphatic carbocycles. The molecule has 110 valence electrons. The maximum atomic E-state index is 12.4. The number of halogens is 2. The highest BCUT2D eigenvalue weighted by Crippen LogP contribution is 2.18. The fraction of sp³-hybridized carbons (Fsp3) is 0.818. The molecule has 6 nitrogen and oxygen atoms in total. The van der Waals surface area contributed by atoms with Crippen LogP contribution in [0, 0.1) is 5.92 Å². The van der Waals surface area contributed by atoms with Gasteiger partial charge in [-0.25, -0.2) is 13.6 Å². The van der Waals surface area contributed by atoms with Crippen LogP contribution in [0.25, 0.3) is 0 Å². The Bertz CT molecular complexity index is 328. The average molecular weight is 280 g/mol. The van der Waals surface area contributed by atoms with Gasteiger partial charge in [0.25, 0.3) is 6.43 Å². The zero-order valence-electron chi connectivity index (χ0n) is 10.5. The van der Waals surface area contributed by atoms with E-state index in [1.807, 2.05) is 0 Å². The Morgan fingerprint density at radius 2 is 2.11 bits per heavy atom. The first-order chi connectivity index (χ1) is 8.95. The van der Waals surface area contributed by atoms with E-state index in [1.54, 1.807) is 0 Å². The van der Waals surface area contributed by atoms with Crippen molar-refractivity contribution in [1.82, 2.24) is 9.80 Å². The third-order valence-electron chi connectivity index (χ3n) is 3.04. The molecule has 0 aromatic heterocycles. The van der Waals surface area contributed by atoms with E-state index in [-0.39, 0.29) is 13.1 Å². The topological polar surface area (TPSA) is 81.1 Å². The van der Waals surface area contributed by atoms with Crippen LogP contribution in [0.1, 0.15) is 12.8 Å².